The average Bonchev–Trinajstić information content (AvgIpc) is 2.81. The van der Waals surface area contributed by atoms with Crippen molar-refractivity contribution in [3.63, 3.8) is 0 Å². The molecule has 1 aromatic heterocycles. The molecule has 2 aromatic rings. The Kier molecular flexibility index (Phi) is 3.96. The molecule has 102 valence electrons. The van der Waals surface area contributed by atoms with Crippen molar-refractivity contribution in [2.45, 2.75) is 19.6 Å². The molecule has 19 heavy (non-hydrogen) atoms. The van der Waals surface area contributed by atoms with E-state index in [-0.39, 0.29) is 12.6 Å². The number of nitrogens with two attached hydrogens (primary N) is 1. The monoisotopic (exact) mass is 263 g/mol. The fraction of sp³-hybridized carbons (Fsp3) is 0.417. The summed E-state index contributed by atoms with van der Waals surface area (Å²) in [6.45, 7) is 2.13. The summed E-state index contributed by atoms with van der Waals surface area (Å²) < 4.78 is 10.9. The molecule has 1 heterocycles. The van der Waals surface area contributed by atoms with Crippen molar-refractivity contribution in [3.8, 4) is 11.5 Å². The molecule has 7 heteroatoms. The smallest absolute Gasteiger partial charge is 0.212 e. The maximum absolute atomic E-state index is 5.91. The zero-order valence-corrected chi connectivity index (χ0v) is 11.2. The number of hydrogen-bond acceptors (Lipinski definition) is 6. The molecular weight excluding hydrogens is 246 g/mol. The van der Waals surface area contributed by atoms with Crippen LogP contribution >= 0.6 is 0 Å². The minimum atomic E-state index is -0.129. The molecule has 0 aliphatic rings. The maximum atomic E-state index is 5.91. The average molecular weight is 263 g/mol. The fourth-order valence-corrected chi connectivity index (χ4v) is 1.67. The Balaban J connectivity index is 2.17. The van der Waals surface area contributed by atoms with Crippen molar-refractivity contribution in [2.75, 3.05) is 7.11 Å². The van der Waals surface area contributed by atoms with E-state index in [2.05, 4.69) is 15.4 Å². The summed E-state index contributed by atoms with van der Waals surface area (Å²) in [5.41, 5.74) is 6.82. The summed E-state index contributed by atoms with van der Waals surface area (Å²) >= 11 is 0. The fourth-order valence-electron chi connectivity index (χ4n) is 1.67. The number of tetrazole rings is 1. The lowest BCUT2D eigenvalue weighted by atomic mass is 10.1. The Morgan fingerprint density at radius 1 is 1.42 bits per heavy atom. The van der Waals surface area contributed by atoms with E-state index in [1.54, 1.807) is 20.2 Å². The minimum absolute atomic E-state index is 0.129. The van der Waals surface area contributed by atoms with Crippen molar-refractivity contribution in [1.82, 2.24) is 20.2 Å². The maximum Gasteiger partial charge on any atom is 0.212 e. The van der Waals surface area contributed by atoms with Crippen LogP contribution in [-0.2, 0) is 13.7 Å². The molecule has 0 fully saturated rings. The number of ether oxygens (including phenoxy) is 2. The molecule has 0 radical (unpaired) electrons. The van der Waals surface area contributed by atoms with Crippen LogP contribution in [-0.4, -0.2) is 27.3 Å². The largest absolute Gasteiger partial charge is 0.497 e. The van der Waals surface area contributed by atoms with Gasteiger partial charge in [0, 0.05) is 17.7 Å². The quantitative estimate of drug-likeness (QED) is 0.859. The van der Waals surface area contributed by atoms with Crippen molar-refractivity contribution in [1.29, 1.82) is 0 Å². The van der Waals surface area contributed by atoms with Gasteiger partial charge >= 0.3 is 0 Å². The molecule has 2 rings (SSSR count). The van der Waals surface area contributed by atoms with Crippen LogP contribution in [0.25, 0.3) is 0 Å². The van der Waals surface area contributed by atoms with Crippen LogP contribution in [0.1, 0.15) is 24.4 Å². The van der Waals surface area contributed by atoms with Gasteiger partial charge in [-0.05, 0) is 18.2 Å². The van der Waals surface area contributed by atoms with Gasteiger partial charge in [-0.3, -0.25) is 0 Å². The third-order valence-corrected chi connectivity index (χ3v) is 2.62. The van der Waals surface area contributed by atoms with Gasteiger partial charge in [0.05, 0.1) is 14.2 Å². The molecule has 0 bridgehead atoms. The van der Waals surface area contributed by atoms with Gasteiger partial charge in [0.1, 0.15) is 11.5 Å². The number of hydrogen-bond donors (Lipinski definition) is 1. The second-order valence-electron chi connectivity index (χ2n) is 4.18. The highest BCUT2D eigenvalue weighted by atomic mass is 16.5. The van der Waals surface area contributed by atoms with Gasteiger partial charge in [0.15, 0.2) is 6.61 Å². The van der Waals surface area contributed by atoms with Crippen LogP contribution in [0.3, 0.4) is 0 Å². The number of benzene rings is 1. The molecule has 0 spiro atoms. The van der Waals surface area contributed by atoms with Crippen molar-refractivity contribution < 1.29 is 9.47 Å². The van der Waals surface area contributed by atoms with E-state index in [0.29, 0.717) is 17.3 Å². The minimum Gasteiger partial charge on any atom is -0.497 e. The molecule has 0 amide bonds. The van der Waals surface area contributed by atoms with Gasteiger partial charge in [0.25, 0.3) is 0 Å². The van der Waals surface area contributed by atoms with E-state index < -0.39 is 0 Å². The van der Waals surface area contributed by atoms with Crippen LogP contribution in [0, 0.1) is 0 Å². The first kappa shape index (κ1) is 13.3. The summed E-state index contributed by atoms with van der Waals surface area (Å²) in [6, 6.07) is 5.42. The molecule has 0 aliphatic carbocycles. The van der Waals surface area contributed by atoms with E-state index in [1.807, 2.05) is 19.1 Å². The predicted molar refractivity (Wildman–Crippen MR) is 68.7 cm³/mol. The first-order valence-electron chi connectivity index (χ1n) is 5.89. The van der Waals surface area contributed by atoms with Crippen LogP contribution in [0.5, 0.6) is 11.5 Å². The highest BCUT2D eigenvalue weighted by molar-refractivity contribution is 5.42. The second kappa shape index (κ2) is 5.66. The summed E-state index contributed by atoms with van der Waals surface area (Å²) in [5, 5.41) is 11.7. The summed E-state index contributed by atoms with van der Waals surface area (Å²) in [4.78, 5) is 1.39. The van der Waals surface area contributed by atoms with E-state index in [1.165, 1.54) is 4.80 Å². The highest BCUT2D eigenvalue weighted by Crippen LogP contribution is 2.28. The van der Waals surface area contributed by atoms with E-state index in [0.717, 1.165) is 5.56 Å². The second-order valence-corrected chi connectivity index (χ2v) is 4.18. The summed E-state index contributed by atoms with van der Waals surface area (Å²) in [7, 11) is 3.31. The first-order chi connectivity index (χ1) is 9.10. The summed E-state index contributed by atoms with van der Waals surface area (Å²) in [5.74, 6) is 1.90. The van der Waals surface area contributed by atoms with Crippen LogP contribution in [0.15, 0.2) is 18.2 Å². The number of aromatic nitrogens is 4. The van der Waals surface area contributed by atoms with Crippen molar-refractivity contribution in [2.24, 2.45) is 12.8 Å². The molecule has 0 saturated heterocycles. The lowest BCUT2D eigenvalue weighted by Gasteiger charge is -2.14. The van der Waals surface area contributed by atoms with Crippen molar-refractivity contribution in [3.05, 3.63) is 29.6 Å². The zero-order chi connectivity index (χ0) is 13.8. The van der Waals surface area contributed by atoms with E-state index in [4.69, 9.17) is 15.2 Å². The van der Waals surface area contributed by atoms with Gasteiger partial charge in [0.2, 0.25) is 5.82 Å². The Morgan fingerprint density at radius 3 is 2.79 bits per heavy atom. The van der Waals surface area contributed by atoms with Crippen LogP contribution in [0.4, 0.5) is 0 Å². The lowest BCUT2D eigenvalue weighted by Crippen LogP contribution is -2.09. The molecule has 1 aromatic carbocycles. The van der Waals surface area contributed by atoms with Gasteiger partial charge in [-0.1, -0.05) is 6.07 Å². The Hall–Kier alpha value is -2.15. The van der Waals surface area contributed by atoms with Gasteiger partial charge in [-0.25, -0.2) is 0 Å². The molecular formula is C12H17N5O2. The topological polar surface area (TPSA) is 88.1 Å². The van der Waals surface area contributed by atoms with Gasteiger partial charge in [-0.15, -0.1) is 10.2 Å². The molecule has 2 N–H and O–H groups in total. The number of aryl methyl sites for hydroxylation is 1. The lowest BCUT2D eigenvalue weighted by molar-refractivity contribution is 0.288. The van der Waals surface area contributed by atoms with Crippen LogP contribution in [0.2, 0.25) is 0 Å². The number of methoxy groups -OCH3 is 1. The molecule has 1 atom stereocenters. The Labute approximate surface area is 111 Å². The third-order valence-electron chi connectivity index (χ3n) is 2.62. The van der Waals surface area contributed by atoms with E-state index >= 15 is 0 Å². The number of nitrogens with zero attached hydrogens (tertiary/aromatic N) is 4. The number of rotatable bonds is 5. The molecule has 7 nitrogen and oxygen atoms in total. The van der Waals surface area contributed by atoms with Gasteiger partial charge < -0.3 is 15.2 Å². The SMILES string of the molecule is COc1ccc([C@H](C)N)c(OCc2nnn(C)n2)c1. The highest BCUT2D eigenvalue weighted by Gasteiger charge is 2.11. The molecule has 0 unspecified atom stereocenters. The molecule has 0 aliphatic heterocycles. The molecule has 0 saturated carbocycles. The zero-order valence-electron chi connectivity index (χ0n) is 11.2. The van der Waals surface area contributed by atoms with Gasteiger partial charge in [-0.2, -0.15) is 4.80 Å². The first-order valence-corrected chi connectivity index (χ1v) is 5.89. The standard InChI is InChI=1S/C12H17N5O2/c1-8(13)10-5-4-9(18-3)6-11(10)19-7-12-14-16-17(2)15-12/h4-6,8H,7,13H2,1-3H3/t8-/m0/s1. The van der Waals surface area contributed by atoms with Crippen molar-refractivity contribution >= 4 is 0 Å². The Bertz CT molecular complexity index is 553. The summed E-state index contributed by atoms with van der Waals surface area (Å²) in [6.07, 6.45) is 0. The third kappa shape index (κ3) is 3.19. The van der Waals surface area contributed by atoms with Crippen LogP contribution < -0.4 is 15.2 Å². The van der Waals surface area contributed by atoms with E-state index in [9.17, 15) is 0 Å². The Morgan fingerprint density at radius 2 is 2.21 bits per heavy atom. The predicted octanol–water partition coefficient (Wildman–Crippen LogP) is 0.817. The normalized spacial score (nSPS) is 12.2.